The molecule has 28 heavy (non-hydrogen) atoms. The van der Waals surface area contributed by atoms with Crippen LogP contribution in [-0.2, 0) is 14.8 Å². The smallest absolute Gasteiger partial charge is 0.250 e. The van der Waals surface area contributed by atoms with Crippen molar-refractivity contribution in [2.75, 3.05) is 26.7 Å². The highest BCUT2D eigenvalue weighted by atomic mass is 32.2. The largest absolute Gasteiger partial charge is 0.497 e. The van der Waals surface area contributed by atoms with Crippen molar-refractivity contribution in [2.45, 2.75) is 37.6 Å². The Kier molecular flexibility index (Phi) is 5.99. The van der Waals surface area contributed by atoms with Gasteiger partial charge in [0.25, 0.3) is 5.89 Å². The molecule has 1 fully saturated rings. The molecule has 2 aromatic rings. The standard InChI is InChI=1S/C18H24N4O5S/c1-4-17(23)22-11-5-10-21(12-16(22)18-19-13(2)20-27-18)28(24,25)15-8-6-14(26-3)7-9-15/h6-9,16H,4-5,10-12H2,1-3H3. The normalized spacial score (nSPS) is 18.7. The predicted molar refractivity (Wildman–Crippen MR) is 100 cm³/mol. The van der Waals surface area contributed by atoms with Gasteiger partial charge in [0.2, 0.25) is 15.9 Å². The molecule has 10 heteroatoms. The van der Waals surface area contributed by atoms with Crippen LogP contribution in [-0.4, -0.2) is 60.4 Å². The summed E-state index contributed by atoms with van der Waals surface area (Å²) in [4.78, 5) is 18.5. The number of carbonyl (C=O) groups is 1. The Labute approximate surface area is 164 Å². The van der Waals surface area contributed by atoms with E-state index in [1.165, 1.54) is 23.5 Å². The first-order chi connectivity index (χ1) is 13.4. The van der Waals surface area contributed by atoms with Gasteiger partial charge in [0.15, 0.2) is 5.82 Å². The molecule has 1 atom stereocenters. The molecule has 0 radical (unpaired) electrons. The Hall–Kier alpha value is -2.46. The van der Waals surface area contributed by atoms with Crippen molar-refractivity contribution in [3.63, 3.8) is 0 Å². The predicted octanol–water partition coefficient (Wildman–Crippen LogP) is 1.76. The second-order valence-electron chi connectivity index (χ2n) is 6.53. The number of hydrogen-bond acceptors (Lipinski definition) is 7. The van der Waals surface area contributed by atoms with E-state index in [0.29, 0.717) is 37.5 Å². The first-order valence-corrected chi connectivity index (χ1v) is 10.5. The lowest BCUT2D eigenvalue weighted by molar-refractivity contribution is -0.133. The number of ether oxygens (including phenoxy) is 1. The Morgan fingerprint density at radius 3 is 2.57 bits per heavy atom. The summed E-state index contributed by atoms with van der Waals surface area (Å²) >= 11 is 0. The lowest BCUT2D eigenvalue weighted by Gasteiger charge is -2.28. The molecule has 0 bridgehead atoms. The Morgan fingerprint density at radius 1 is 1.29 bits per heavy atom. The summed E-state index contributed by atoms with van der Waals surface area (Å²) < 4.78 is 38.1. The van der Waals surface area contributed by atoms with Gasteiger partial charge >= 0.3 is 0 Å². The molecule has 152 valence electrons. The maximum atomic E-state index is 13.2. The van der Waals surface area contributed by atoms with E-state index in [0.717, 1.165) is 0 Å². The van der Waals surface area contributed by atoms with Gasteiger partial charge in [-0.05, 0) is 37.6 Å². The van der Waals surface area contributed by atoms with E-state index >= 15 is 0 Å². The molecule has 0 saturated carbocycles. The molecular weight excluding hydrogens is 384 g/mol. The summed E-state index contributed by atoms with van der Waals surface area (Å²) in [5.41, 5.74) is 0. The molecule has 1 unspecified atom stereocenters. The van der Waals surface area contributed by atoms with E-state index in [1.807, 2.05) is 0 Å². The van der Waals surface area contributed by atoms with Gasteiger partial charge in [-0.1, -0.05) is 12.1 Å². The van der Waals surface area contributed by atoms with Crippen LogP contribution in [0.15, 0.2) is 33.7 Å². The van der Waals surface area contributed by atoms with Crippen molar-refractivity contribution in [2.24, 2.45) is 0 Å². The van der Waals surface area contributed by atoms with Crippen molar-refractivity contribution in [3.8, 4) is 5.75 Å². The first kappa shape index (κ1) is 20.3. The summed E-state index contributed by atoms with van der Waals surface area (Å²) in [5.74, 6) is 1.18. The highest BCUT2D eigenvalue weighted by Gasteiger charge is 2.37. The lowest BCUT2D eigenvalue weighted by atomic mass is 10.2. The number of aromatic nitrogens is 2. The number of amides is 1. The van der Waals surface area contributed by atoms with Gasteiger partial charge in [0.1, 0.15) is 11.8 Å². The van der Waals surface area contributed by atoms with Crippen LogP contribution in [0.3, 0.4) is 0 Å². The number of aryl methyl sites for hydroxylation is 1. The van der Waals surface area contributed by atoms with E-state index in [2.05, 4.69) is 10.1 Å². The van der Waals surface area contributed by atoms with Crippen LogP contribution in [0.1, 0.15) is 37.5 Å². The van der Waals surface area contributed by atoms with Crippen LogP contribution in [0.5, 0.6) is 5.75 Å². The fourth-order valence-corrected chi connectivity index (χ4v) is 4.72. The van der Waals surface area contributed by atoms with E-state index in [1.54, 1.807) is 30.9 Å². The third-order valence-electron chi connectivity index (χ3n) is 4.71. The van der Waals surface area contributed by atoms with Gasteiger partial charge in [-0.3, -0.25) is 4.79 Å². The molecule has 1 aromatic carbocycles. The van der Waals surface area contributed by atoms with E-state index in [4.69, 9.17) is 9.26 Å². The summed E-state index contributed by atoms with van der Waals surface area (Å²) in [5, 5.41) is 3.80. The molecule has 1 amide bonds. The molecule has 1 aromatic heterocycles. The SMILES string of the molecule is CCC(=O)N1CCCN(S(=O)(=O)c2ccc(OC)cc2)CC1c1nc(C)no1. The van der Waals surface area contributed by atoms with Gasteiger partial charge in [0.05, 0.1) is 12.0 Å². The van der Waals surface area contributed by atoms with Crippen molar-refractivity contribution in [1.29, 1.82) is 0 Å². The fraction of sp³-hybridized carbons (Fsp3) is 0.500. The number of hydrogen-bond donors (Lipinski definition) is 0. The third-order valence-corrected chi connectivity index (χ3v) is 6.59. The minimum absolute atomic E-state index is 0.0573. The minimum atomic E-state index is -3.75. The Balaban J connectivity index is 1.94. The number of benzene rings is 1. The minimum Gasteiger partial charge on any atom is -0.497 e. The second-order valence-corrected chi connectivity index (χ2v) is 8.47. The fourth-order valence-electron chi connectivity index (χ4n) is 3.23. The quantitative estimate of drug-likeness (QED) is 0.742. The van der Waals surface area contributed by atoms with Crippen molar-refractivity contribution < 1.29 is 22.5 Å². The van der Waals surface area contributed by atoms with Gasteiger partial charge in [0, 0.05) is 26.1 Å². The highest BCUT2D eigenvalue weighted by Crippen LogP contribution is 2.28. The van der Waals surface area contributed by atoms with E-state index in [-0.39, 0.29) is 23.2 Å². The zero-order chi connectivity index (χ0) is 20.3. The topological polar surface area (TPSA) is 106 Å². The second kappa shape index (κ2) is 8.27. The van der Waals surface area contributed by atoms with Crippen LogP contribution in [0.25, 0.3) is 0 Å². The number of nitrogens with zero attached hydrogens (tertiary/aromatic N) is 4. The van der Waals surface area contributed by atoms with Crippen LogP contribution in [0.2, 0.25) is 0 Å². The van der Waals surface area contributed by atoms with E-state index < -0.39 is 16.1 Å². The van der Waals surface area contributed by atoms with Crippen LogP contribution in [0.4, 0.5) is 0 Å². The average molecular weight is 408 g/mol. The van der Waals surface area contributed by atoms with Crippen LogP contribution in [0, 0.1) is 6.92 Å². The molecule has 1 aliphatic rings. The van der Waals surface area contributed by atoms with Gasteiger partial charge in [-0.15, -0.1) is 0 Å². The number of rotatable bonds is 5. The van der Waals surface area contributed by atoms with E-state index in [9.17, 15) is 13.2 Å². The van der Waals surface area contributed by atoms with Crippen LogP contribution >= 0.6 is 0 Å². The molecule has 0 aliphatic carbocycles. The van der Waals surface area contributed by atoms with Gasteiger partial charge < -0.3 is 14.2 Å². The molecule has 2 heterocycles. The first-order valence-electron chi connectivity index (χ1n) is 9.10. The average Bonchev–Trinajstić information content (AvgIpc) is 3.00. The Morgan fingerprint density at radius 2 is 2.00 bits per heavy atom. The molecule has 9 nitrogen and oxygen atoms in total. The number of methoxy groups -OCH3 is 1. The Bertz CT molecular complexity index is 926. The summed E-state index contributed by atoms with van der Waals surface area (Å²) in [7, 11) is -2.23. The molecule has 0 N–H and O–H groups in total. The highest BCUT2D eigenvalue weighted by molar-refractivity contribution is 7.89. The lowest BCUT2D eigenvalue weighted by Crippen LogP contribution is -2.40. The van der Waals surface area contributed by atoms with Crippen LogP contribution < -0.4 is 4.74 Å². The number of carbonyl (C=O) groups excluding carboxylic acids is 1. The molecule has 0 spiro atoms. The molecule has 1 saturated heterocycles. The van der Waals surface area contributed by atoms with Crippen molar-refractivity contribution in [1.82, 2.24) is 19.3 Å². The summed E-state index contributed by atoms with van der Waals surface area (Å²) in [6.07, 6.45) is 0.833. The summed E-state index contributed by atoms with van der Waals surface area (Å²) in [6, 6.07) is 5.62. The zero-order valence-corrected chi connectivity index (χ0v) is 17.0. The maximum Gasteiger partial charge on any atom is 0.250 e. The monoisotopic (exact) mass is 408 g/mol. The molecule has 3 rings (SSSR count). The number of sulfonamides is 1. The van der Waals surface area contributed by atoms with Gasteiger partial charge in [-0.25, -0.2) is 8.42 Å². The molecule has 1 aliphatic heterocycles. The summed E-state index contributed by atoms with van der Waals surface area (Å²) in [6.45, 7) is 4.23. The van der Waals surface area contributed by atoms with Crippen molar-refractivity contribution in [3.05, 3.63) is 36.0 Å². The third kappa shape index (κ3) is 4.02. The molecular formula is C18H24N4O5S. The maximum absolute atomic E-state index is 13.2. The van der Waals surface area contributed by atoms with Gasteiger partial charge in [-0.2, -0.15) is 9.29 Å². The van der Waals surface area contributed by atoms with Crippen molar-refractivity contribution >= 4 is 15.9 Å². The zero-order valence-electron chi connectivity index (χ0n) is 16.2.